The molecule has 1 aromatic heterocycles. The topological polar surface area (TPSA) is 86.2 Å². The van der Waals surface area contributed by atoms with Crippen LogP contribution in [0.1, 0.15) is 24.8 Å². The number of aliphatic carboxylic acids is 1. The zero-order valence-electron chi connectivity index (χ0n) is 6.40. The number of hydrogen-bond acceptors (Lipinski definition) is 3. The maximum atomic E-state index is 10.1. The molecule has 5 heteroatoms. The molecule has 1 aromatic rings. The SMILES string of the molecule is O=C(O)CCC(O)c1ncc[nH]1. The molecular weight excluding hydrogens is 160 g/mol. The fraction of sp³-hybridized carbons (Fsp3) is 0.429. The van der Waals surface area contributed by atoms with Gasteiger partial charge in [-0.15, -0.1) is 0 Å². The van der Waals surface area contributed by atoms with E-state index in [9.17, 15) is 9.90 Å². The summed E-state index contributed by atoms with van der Waals surface area (Å²) in [5.41, 5.74) is 0. The number of aromatic nitrogens is 2. The highest BCUT2D eigenvalue weighted by molar-refractivity contribution is 5.66. The molecule has 0 saturated carbocycles. The number of carbonyl (C=O) groups is 1. The van der Waals surface area contributed by atoms with Crippen LogP contribution in [0, 0.1) is 0 Å². The summed E-state index contributed by atoms with van der Waals surface area (Å²) in [6, 6.07) is 0. The van der Waals surface area contributed by atoms with E-state index < -0.39 is 12.1 Å². The number of H-pyrrole nitrogens is 1. The third-order valence-corrected chi connectivity index (χ3v) is 1.47. The van der Waals surface area contributed by atoms with Crippen molar-refractivity contribution in [3.05, 3.63) is 18.2 Å². The number of aromatic amines is 1. The average molecular weight is 170 g/mol. The Kier molecular flexibility index (Phi) is 2.82. The third-order valence-electron chi connectivity index (χ3n) is 1.47. The molecular formula is C7H10N2O3. The standard InChI is InChI=1S/C7H10N2O3/c10-5(1-2-6(11)12)7-8-3-4-9-7/h3-5,10H,1-2H2,(H,8,9)(H,11,12). The number of carboxylic acids is 1. The summed E-state index contributed by atoms with van der Waals surface area (Å²) in [4.78, 5) is 16.6. The average Bonchev–Trinajstić information content (AvgIpc) is 2.51. The first kappa shape index (κ1) is 8.73. The smallest absolute Gasteiger partial charge is 0.303 e. The van der Waals surface area contributed by atoms with Gasteiger partial charge < -0.3 is 15.2 Å². The summed E-state index contributed by atoms with van der Waals surface area (Å²) in [5, 5.41) is 17.6. The Morgan fingerprint density at radius 2 is 2.50 bits per heavy atom. The van der Waals surface area contributed by atoms with Crippen LogP contribution in [0.5, 0.6) is 0 Å². The van der Waals surface area contributed by atoms with Gasteiger partial charge in [0.2, 0.25) is 0 Å². The molecule has 1 atom stereocenters. The largest absolute Gasteiger partial charge is 0.481 e. The van der Waals surface area contributed by atoms with E-state index in [1.165, 1.54) is 6.20 Å². The molecule has 0 bridgehead atoms. The first-order valence-corrected chi connectivity index (χ1v) is 3.59. The number of aliphatic hydroxyl groups excluding tert-OH is 1. The molecule has 12 heavy (non-hydrogen) atoms. The van der Waals surface area contributed by atoms with Gasteiger partial charge >= 0.3 is 5.97 Å². The Labute approximate surface area is 69.1 Å². The zero-order valence-corrected chi connectivity index (χ0v) is 6.40. The van der Waals surface area contributed by atoms with Crippen molar-refractivity contribution in [2.45, 2.75) is 18.9 Å². The van der Waals surface area contributed by atoms with Crippen molar-refractivity contribution in [3.8, 4) is 0 Å². The number of nitrogens with one attached hydrogen (secondary N) is 1. The molecule has 0 aliphatic heterocycles. The molecule has 1 unspecified atom stereocenters. The molecule has 0 aromatic carbocycles. The Morgan fingerprint density at radius 1 is 1.75 bits per heavy atom. The lowest BCUT2D eigenvalue weighted by atomic mass is 10.2. The molecule has 0 aliphatic rings. The second kappa shape index (κ2) is 3.87. The summed E-state index contributed by atoms with van der Waals surface area (Å²) >= 11 is 0. The van der Waals surface area contributed by atoms with Crippen LogP contribution in [0.25, 0.3) is 0 Å². The van der Waals surface area contributed by atoms with E-state index in [1.54, 1.807) is 6.20 Å². The Hall–Kier alpha value is -1.36. The lowest BCUT2D eigenvalue weighted by molar-refractivity contribution is -0.137. The van der Waals surface area contributed by atoms with Gasteiger partial charge in [0.15, 0.2) is 0 Å². The third kappa shape index (κ3) is 2.35. The van der Waals surface area contributed by atoms with Gasteiger partial charge in [-0.1, -0.05) is 0 Å². The highest BCUT2D eigenvalue weighted by Crippen LogP contribution is 2.12. The van der Waals surface area contributed by atoms with Crippen LogP contribution >= 0.6 is 0 Å². The Morgan fingerprint density at radius 3 is 3.00 bits per heavy atom. The van der Waals surface area contributed by atoms with Gasteiger partial charge in [0.1, 0.15) is 11.9 Å². The van der Waals surface area contributed by atoms with Crippen LogP contribution in [0.2, 0.25) is 0 Å². The molecule has 5 nitrogen and oxygen atoms in total. The first-order chi connectivity index (χ1) is 5.70. The van der Waals surface area contributed by atoms with Gasteiger partial charge in [0.25, 0.3) is 0 Å². The summed E-state index contributed by atoms with van der Waals surface area (Å²) in [6.45, 7) is 0. The molecule has 0 saturated heterocycles. The number of nitrogens with zero attached hydrogens (tertiary/aromatic N) is 1. The van der Waals surface area contributed by atoms with E-state index in [0.717, 1.165) is 0 Å². The lowest BCUT2D eigenvalue weighted by Crippen LogP contribution is -2.03. The van der Waals surface area contributed by atoms with Crippen molar-refractivity contribution in [2.75, 3.05) is 0 Å². The number of carboxylic acid groups (broad SMARTS) is 1. The summed E-state index contributed by atoms with van der Waals surface area (Å²) < 4.78 is 0. The van der Waals surface area contributed by atoms with Gasteiger partial charge in [-0.3, -0.25) is 4.79 Å². The van der Waals surface area contributed by atoms with Crippen LogP contribution in [-0.4, -0.2) is 26.2 Å². The highest BCUT2D eigenvalue weighted by Gasteiger charge is 2.10. The van der Waals surface area contributed by atoms with Crippen LogP contribution < -0.4 is 0 Å². The minimum Gasteiger partial charge on any atom is -0.481 e. The minimum absolute atomic E-state index is 0.0537. The first-order valence-electron chi connectivity index (χ1n) is 3.59. The van der Waals surface area contributed by atoms with Crippen LogP contribution in [0.4, 0.5) is 0 Å². The summed E-state index contributed by atoms with van der Waals surface area (Å²) in [5.74, 6) is -0.503. The van der Waals surface area contributed by atoms with Crippen LogP contribution in [-0.2, 0) is 4.79 Å². The zero-order chi connectivity index (χ0) is 8.97. The monoisotopic (exact) mass is 170 g/mol. The molecule has 0 fully saturated rings. The van der Waals surface area contributed by atoms with E-state index in [0.29, 0.717) is 5.82 Å². The van der Waals surface area contributed by atoms with Gasteiger partial charge in [-0.05, 0) is 6.42 Å². The van der Waals surface area contributed by atoms with Gasteiger partial charge in [-0.25, -0.2) is 4.98 Å². The quantitative estimate of drug-likeness (QED) is 0.606. The molecule has 66 valence electrons. The van der Waals surface area contributed by atoms with E-state index in [1.807, 2.05) is 0 Å². The molecule has 1 rings (SSSR count). The molecule has 3 N–H and O–H groups in total. The van der Waals surface area contributed by atoms with Crippen molar-refractivity contribution in [2.24, 2.45) is 0 Å². The minimum atomic E-state index is -0.916. The van der Waals surface area contributed by atoms with E-state index >= 15 is 0 Å². The molecule has 0 spiro atoms. The van der Waals surface area contributed by atoms with Crippen molar-refractivity contribution < 1.29 is 15.0 Å². The van der Waals surface area contributed by atoms with Crippen molar-refractivity contribution in [1.29, 1.82) is 0 Å². The van der Waals surface area contributed by atoms with Crippen molar-refractivity contribution in [3.63, 3.8) is 0 Å². The van der Waals surface area contributed by atoms with Crippen molar-refractivity contribution >= 4 is 5.97 Å². The van der Waals surface area contributed by atoms with Gasteiger partial charge in [-0.2, -0.15) is 0 Å². The highest BCUT2D eigenvalue weighted by atomic mass is 16.4. The molecule has 0 aliphatic carbocycles. The molecule has 0 amide bonds. The molecule has 0 radical (unpaired) electrons. The molecule has 1 heterocycles. The fourth-order valence-corrected chi connectivity index (χ4v) is 0.857. The number of aliphatic hydroxyl groups is 1. The van der Waals surface area contributed by atoms with Crippen LogP contribution in [0.15, 0.2) is 12.4 Å². The fourth-order valence-electron chi connectivity index (χ4n) is 0.857. The predicted octanol–water partition coefficient (Wildman–Crippen LogP) is 0.308. The van der Waals surface area contributed by atoms with E-state index in [-0.39, 0.29) is 12.8 Å². The number of imidazole rings is 1. The maximum absolute atomic E-state index is 10.1. The second-order valence-corrected chi connectivity index (χ2v) is 2.42. The van der Waals surface area contributed by atoms with Gasteiger partial charge in [0.05, 0.1) is 0 Å². The second-order valence-electron chi connectivity index (χ2n) is 2.42. The van der Waals surface area contributed by atoms with Gasteiger partial charge in [0, 0.05) is 18.8 Å². The van der Waals surface area contributed by atoms with Crippen molar-refractivity contribution in [1.82, 2.24) is 9.97 Å². The normalized spacial score (nSPS) is 12.8. The summed E-state index contributed by atoms with van der Waals surface area (Å²) in [6.07, 6.45) is 2.42. The maximum Gasteiger partial charge on any atom is 0.303 e. The van der Waals surface area contributed by atoms with E-state index in [4.69, 9.17) is 5.11 Å². The van der Waals surface area contributed by atoms with Crippen LogP contribution in [0.3, 0.4) is 0 Å². The summed E-state index contributed by atoms with van der Waals surface area (Å²) in [7, 11) is 0. The lowest BCUT2D eigenvalue weighted by Gasteiger charge is -2.04. The Bertz CT molecular complexity index is 245. The Balaban J connectivity index is 2.39. The predicted molar refractivity (Wildman–Crippen MR) is 40.4 cm³/mol. The number of rotatable bonds is 4. The number of hydrogen-bond donors (Lipinski definition) is 3. The van der Waals surface area contributed by atoms with E-state index in [2.05, 4.69) is 9.97 Å².